The van der Waals surface area contributed by atoms with Gasteiger partial charge in [0.25, 0.3) is 0 Å². The number of rotatable bonds is 5. The number of hydrogen-bond donors (Lipinski definition) is 1. The van der Waals surface area contributed by atoms with E-state index in [1.807, 2.05) is 4.68 Å². The Hall–Kier alpha value is -1.79. The lowest BCUT2D eigenvalue weighted by Crippen LogP contribution is -2.44. The quantitative estimate of drug-likeness (QED) is 0.918. The Morgan fingerprint density at radius 1 is 1.36 bits per heavy atom. The highest BCUT2D eigenvalue weighted by molar-refractivity contribution is 5.19. The maximum Gasteiger partial charge on any atom is 0.137 e. The number of nitrogens with zero attached hydrogens (tertiary/aromatic N) is 4. The van der Waals surface area contributed by atoms with E-state index in [4.69, 9.17) is 0 Å². The molecular formula is C16H21FN4O. The molecule has 2 atom stereocenters. The summed E-state index contributed by atoms with van der Waals surface area (Å²) in [5.74, 6) is -0.311. The van der Waals surface area contributed by atoms with Crippen LogP contribution in [0.1, 0.15) is 30.9 Å². The number of β-amino-alcohol motifs (C(OH)–C–C–N with tert-alkyl or cyclic N) is 1. The Labute approximate surface area is 129 Å². The van der Waals surface area contributed by atoms with Crippen LogP contribution in [0.15, 0.2) is 36.9 Å². The zero-order chi connectivity index (χ0) is 15.4. The van der Waals surface area contributed by atoms with E-state index in [9.17, 15) is 9.50 Å². The molecule has 1 N–H and O–H groups in total. The highest BCUT2D eigenvalue weighted by Gasteiger charge is 2.25. The van der Waals surface area contributed by atoms with Gasteiger partial charge in [0.2, 0.25) is 0 Å². The second-order valence-corrected chi connectivity index (χ2v) is 5.83. The van der Waals surface area contributed by atoms with Crippen LogP contribution in [-0.2, 0) is 6.54 Å². The minimum Gasteiger partial charge on any atom is -0.387 e. The first-order valence-electron chi connectivity index (χ1n) is 7.72. The number of likely N-dealkylation sites (tertiary alicyclic amines) is 1. The van der Waals surface area contributed by atoms with Gasteiger partial charge in [-0.15, -0.1) is 0 Å². The van der Waals surface area contributed by atoms with Crippen LogP contribution in [0.25, 0.3) is 0 Å². The first-order chi connectivity index (χ1) is 10.7. The molecule has 1 aliphatic heterocycles. The molecular weight excluding hydrogens is 283 g/mol. The molecule has 1 aromatic heterocycles. The number of aliphatic hydroxyl groups excluding tert-OH is 1. The fourth-order valence-electron chi connectivity index (χ4n) is 3.09. The van der Waals surface area contributed by atoms with Crippen molar-refractivity contribution in [2.45, 2.75) is 38.0 Å². The summed E-state index contributed by atoms with van der Waals surface area (Å²) in [5.41, 5.74) is 0.630. The number of aromatic nitrogens is 3. The zero-order valence-electron chi connectivity index (χ0n) is 12.5. The average Bonchev–Trinajstić information content (AvgIpc) is 3.02. The van der Waals surface area contributed by atoms with Crippen molar-refractivity contribution >= 4 is 0 Å². The SMILES string of the molecule is O[C@@H](CN1CCCC[C@@H]1Cn1cncn1)c1cccc(F)c1. The molecule has 0 bridgehead atoms. The molecule has 22 heavy (non-hydrogen) atoms. The van der Waals surface area contributed by atoms with Crippen LogP contribution in [-0.4, -0.2) is 43.9 Å². The van der Waals surface area contributed by atoms with E-state index in [0.29, 0.717) is 18.2 Å². The molecule has 1 aromatic carbocycles. The summed E-state index contributed by atoms with van der Waals surface area (Å²) in [6, 6.07) is 6.53. The monoisotopic (exact) mass is 304 g/mol. The molecule has 118 valence electrons. The van der Waals surface area contributed by atoms with Gasteiger partial charge >= 0.3 is 0 Å². The maximum absolute atomic E-state index is 13.3. The predicted octanol–water partition coefficient (Wildman–Crippen LogP) is 2.01. The Balaban J connectivity index is 1.65. The Bertz CT molecular complexity index is 590. The molecule has 0 aliphatic carbocycles. The molecule has 2 heterocycles. The number of hydrogen-bond acceptors (Lipinski definition) is 4. The molecule has 1 aliphatic rings. The fourth-order valence-corrected chi connectivity index (χ4v) is 3.09. The molecule has 0 spiro atoms. The van der Waals surface area contributed by atoms with Gasteiger partial charge in [-0.05, 0) is 37.1 Å². The summed E-state index contributed by atoms with van der Waals surface area (Å²) in [6.45, 7) is 2.24. The first kappa shape index (κ1) is 15.1. The maximum atomic E-state index is 13.3. The number of benzene rings is 1. The van der Waals surface area contributed by atoms with Crippen LogP contribution in [0.3, 0.4) is 0 Å². The molecule has 3 rings (SSSR count). The van der Waals surface area contributed by atoms with Crippen molar-refractivity contribution in [3.05, 3.63) is 48.3 Å². The first-order valence-corrected chi connectivity index (χ1v) is 7.72. The molecule has 0 radical (unpaired) electrons. The highest BCUT2D eigenvalue weighted by Crippen LogP contribution is 2.23. The molecule has 5 nitrogen and oxygen atoms in total. The van der Waals surface area contributed by atoms with Crippen LogP contribution in [0.2, 0.25) is 0 Å². The van der Waals surface area contributed by atoms with Gasteiger partial charge in [0.15, 0.2) is 0 Å². The summed E-state index contributed by atoms with van der Waals surface area (Å²) in [5, 5.41) is 14.6. The van der Waals surface area contributed by atoms with E-state index in [2.05, 4.69) is 15.0 Å². The van der Waals surface area contributed by atoms with Crippen molar-refractivity contribution in [3.8, 4) is 0 Å². The van der Waals surface area contributed by atoms with E-state index in [1.165, 1.54) is 24.9 Å². The third-order valence-corrected chi connectivity index (χ3v) is 4.25. The van der Waals surface area contributed by atoms with Crippen molar-refractivity contribution in [2.24, 2.45) is 0 Å². The molecule has 0 saturated carbocycles. The van der Waals surface area contributed by atoms with Gasteiger partial charge in [-0.2, -0.15) is 5.10 Å². The van der Waals surface area contributed by atoms with Gasteiger partial charge < -0.3 is 5.11 Å². The highest BCUT2D eigenvalue weighted by atomic mass is 19.1. The van der Waals surface area contributed by atoms with E-state index in [1.54, 1.807) is 18.5 Å². The summed E-state index contributed by atoms with van der Waals surface area (Å²) in [7, 11) is 0. The zero-order valence-corrected chi connectivity index (χ0v) is 12.5. The summed E-state index contributed by atoms with van der Waals surface area (Å²) < 4.78 is 15.1. The van der Waals surface area contributed by atoms with Crippen LogP contribution in [0.4, 0.5) is 4.39 Å². The van der Waals surface area contributed by atoms with Gasteiger partial charge in [-0.25, -0.2) is 9.37 Å². The van der Waals surface area contributed by atoms with Crippen LogP contribution >= 0.6 is 0 Å². The summed E-state index contributed by atoms with van der Waals surface area (Å²) in [4.78, 5) is 6.25. The van der Waals surface area contributed by atoms with E-state index < -0.39 is 6.10 Å². The topological polar surface area (TPSA) is 54.2 Å². The van der Waals surface area contributed by atoms with Crippen molar-refractivity contribution in [2.75, 3.05) is 13.1 Å². The van der Waals surface area contributed by atoms with Crippen molar-refractivity contribution in [1.29, 1.82) is 0 Å². The Kier molecular flexibility index (Phi) is 4.80. The third kappa shape index (κ3) is 3.69. The fraction of sp³-hybridized carbons (Fsp3) is 0.500. The van der Waals surface area contributed by atoms with E-state index in [0.717, 1.165) is 25.9 Å². The molecule has 0 unspecified atom stereocenters. The Morgan fingerprint density at radius 3 is 3.05 bits per heavy atom. The van der Waals surface area contributed by atoms with Crippen molar-refractivity contribution in [1.82, 2.24) is 19.7 Å². The molecule has 2 aromatic rings. The Morgan fingerprint density at radius 2 is 2.27 bits per heavy atom. The van der Waals surface area contributed by atoms with Crippen LogP contribution in [0, 0.1) is 5.82 Å². The number of aliphatic hydroxyl groups is 1. The average molecular weight is 304 g/mol. The van der Waals surface area contributed by atoms with E-state index >= 15 is 0 Å². The molecule has 1 saturated heterocycles. The standard InChI is InChI=1S/C16H21FN4O/c17-14-5-3-4-13(8-14)16(22)10-20-7-2-1-6-15(20)9-21-12-18-11-19-21/h3-5,8,11-12,15-16,22H,1-2,6-7,9-10H2/t15-,16+/m1/s1. The second kappa shape index (κ2) is 6.98. The lowest BCUT2D eigenvalue weighted by atomic mass is 10.00. The normalized spacial score (nSPS) is 20.9. The van der Waals surface area contributed by atoms with Crippen LogP contribution < -0.4 is 0 Å². The van der Waals surface area contributed by atoms with Gasteiger partial charge in [0, 0.05) is 12.6 Å². The molecule has 1 fully saturated rings. The van der Waals surface area contributed by atoms with Gasteiger partial charge in [0.05, 0.1) is 12.6 Å². The van der Waals surface area contributed by atoms with Crippen molar-refractivity contribution in [3.63, 3.8) is 0 Å². The van der Waals surface area contributed by atoms with Gasteiger partial charge in [0.1, 0.15) is 18.5 Å². The number of piperidine rings is 1. The molecule has 6 heteroatoms. The molecule has 0 amide bonds. The summed E-state index contributed by atoms with van der Waals surface area (Å²) in [6.07, 6.45) is 5.97. The van der Waals surface area contributed by atoms with Crippen LogP contribution in [0.5, 0.6) is 0 Å². The summed E-state index contributed by atoms with van der Waals surface area (Å²) >= 11 is 0. The smallest absolute Gasteiger partial charge is 0.137 e. The largest absolute Gasteiger partial charge is 0.387 e. The minimum atomic E-state index is -0.674. The van der Waals surface area contributed by atoms with Crippen molar-refractivity contribution < 1.29 is 9.50 Å². The second-order valence-electron chi connectivity index (χ2n) is 5.83. The van der Waals surface area contributed by atoms with Gasteiger partial charge in [-0.1, -0.05) is 18.6 Å². The lowest BCUT2D eigenvalue weighted by Gasteiger charge is -2.36. The lowest BCUT2D eigenvalue weighted by molar-refractivity contribution is 0.0589. The number of halogens is 1. The predicted molar refractivity (Wildman–Crippen MR) is 80.6 cm³/mol. The third-order valence-electron chi connectivity index (χ3n) is 4.25. The van der Waals surface area contributed by atoms with Gasteiger partial charge in [-0.3, -0.25) is 9.58 Å². The minimum absolute atomic E-state index is 0.311. The van der Waals surface area contributed by atoms with E-state index in [-0.39, 0.29) is 5.82 Å².